The maximum Gasteiger partial charge on any atom is 0.256 e. The van der Waals surface area contributed by atoms with Gasteiger partial charge in [0.25, 0.3) is 5.91 Å². The van der Waals surface area contributed by atoms with Gasteiger partial charge in [-0.05, 0) is 37.1 Å². The molecule has 2 fully saturated rings. The minimum atomic E-state index is -0.855. The second-order valence-corrected chi connectivity index (χ2v) is 8.06. The molecule has 0 radical (unpaired) electrons. The molecule has 0 aromatic heterocycles. The second kappa shape index (κ2) is 9.02. The summed E-state index contributed by atoms with van der Waals surface area (Å²) in [6.45, 7) is 0.751. The van der Waals surface area contributed by atoms with Gasteiger partial charge in [-0.25, -0.2) is 13.2 Å². The van der Waals surface area contributed by atoms with Crippen molar-refractivity contribution in [3.05, 3.63) is 65.5 Å². The molecule has 6 nitrogen and oxygen atoms in total. The Hall–Kier alpha value is -3.36. The van der Waals surface area contributed by atoms with Gasteiger partial charge in [-0.1, -0.05) is 12.1 Å². The van der Waals surface area contributed by atoms with Gasteiger partial charge < -0.3 is 15.1 Å². The highest BCUT2D eigenvalue weighted by molar-refractivity contribution is 6.00. The quantitative estimate of drug-likeness (QED) is 0.787. The summed E-state index contributed by atoms with van der Waals surface area (Å²) in [6.07, 6.45) is 0.944. The number of amides is 3. The molecule has 2 aliphatic heterocycles. The minimum Gasteiger partial charge on any atom is -0.353 e. The molecular weight excluding hydrogens is 423 g/mol. The van der Waals surface area contributed by atoms with Crippen LogP contribution in [0.2, 0.25) is 0 Å². The van der Waals surface area contributed by atoms with Crippen LogP contribution in [0.25, 0.3) is 0 Å². The van der Waals surface area contributed by atoms with Crippen molar-refractivity contribution >= 4 is 23.4 Å². The highest BCUT2D eigenvalue weighted by atomic mass is 19.1. The summed E-state index contributed by atoms with van der Waals surface area (Å²) in [4.78, 5) is 40.2. The SMILES string of the molecule is O=C(NC1CCN(C(=O)c2ccccc2F)CC1)C1CC(=O)N(c2ccc(F)cc2F)C1. The van der Waals surface area contributed by atoms with Gasteiger partial charge in [0, 0.05) is 38.2 Å². The molecule has 32 heavy (non-hydrogen) atoms. The van der Waals surface area contributed by atoms with Crippen LogP contribution in [0.4, 0.5) is 18.9 Å². The van der Waals surface area contributed by atoms with Crippen molar-refractivity contribution in [3.8, 4) is 0 Å². The summed E-state index contributed by atoms with van der Waals surface area (Å²) in [7, 11) is 0. The van der Waals surface area contributed by atoms with E-state index in [1.165, 1.54) is 24.3 Å². The fourth-order valence-electron chi connectivity index (χ4n) is 4.17. The zero-order valence-corrected chi connectivity index (χ0v) is 17.2. The smallest absolute Gasteiger partial charge is 0.256 e. The van der Waals surface area contributed by atoms with E-state index in [2.05, 4.69) is 5.32 Å². The predicted octanol–water partition coefficient (Wildman–Crippen LogP) is 2.88. The van der Waals surface area contributed by atoms with Crippen molar-refractivity contribution in [2.45, 2.75) is 25.3 Å². The maximum atomic E-state index is 14.0. The lowest BCUT2D eigenvalue weighted by molar-refractivity contribution is -0.127. The molecule has 0 spiro atoms. The van der Waals surface area contributed by atoms with Crippen molar-refractivity contribution in [2.24, 2.45) is 5.92 Å². The van der Waals surface area contributed by atoms with E-state index < -0.39 is 29.3 Å². The van der Waals surface area contributed by atoms with E-state index in [9.17, 15) is 27.6 Å². The molecule has 0 bridgehead atoms. The highest BCUT2D eigenvalue weighted by Gasteiger charge is 2.37. The summed E-state index contributed by atoms with van der Waals surface area (Å²) in [5.74, 6) is -3.92. The molecule has 1 unspecified atom stereocenters. The van der Waals surface area contributed by atoms with E-state index in [0.29, 0.717) is 32.0 Å². The molecule has 2 aromatic carbocycles. The van der Waals surface area contributed by atoms with Crippen LogP contribution in [-0.4, -0.2) is 48.3 Å². The third-order valence-electron chi connectivity index (χ3n) is 5.93. The fourth-order valence-corrected chi connectivity index (χ4v) is 4.17. The minimum absolute atomic E-state index is 0.0117. The van der Waals surface area contributed by atoms with Crippen LogP contribution in [-0.2, 0) is 9.59 Å². The van der Waals surface area contributed by atoms with Gasteiger partial charge in [-0.15, -0.1) is 0 Å². The van der Waals surface area contributed by atoms with Crippen molar-refractivity contribution in [1.29, 1.82) is 0 Å². The Morgan fingerprint density at radius 1 is 0.969 bits per heavy atom. The lowest BCUT2D eigenvalue weighted by Crippen LogP contribution is -2.48. The molecule has 2 saturated heterocycles. The first-order chi connectivity index (χ1) is 15.3. The Bertz CT molecular complexity index is 1050. The Balaban J connectivity index is 1.31. The number of anilines is 1. The molecule has 2 aromatic rings. The van der Waals surface area contributed by atoms with Gasteiger partial charge in [0.2, 0.25) is 11.8 Å². The number of hydrogen-bond donors (Lipinski definition) is 1. The number of nitrogens with zero attached hydrogens (tertiary/aromatic N) is 2. The second-order valence-electron chi connectivity index (χ2n) is 8.06. The lowest BCUT2D eigenvalue weighted by atomic mass is 10.0. The van der Waals surface area contributed by atoms with E-state index in [1.807, 2.05) is 0 Å². The Morgan fingerprint density at radius 3 is 2.38 bits per heavy atom. The molecule has 0 saturated carbocycles. The van der Waals surface area contributed by atoms with Gasteiger partial charge in [-0.3, -0.25) is 14.4 Å². The van der Waals surface area contributed by atoms with Crippen LogP contribution in [0.15, 0.2) is 42.5 Å². The molecule has 2 heterocycles. The van der Waals surface area contributed by atoms with Gasteiger partial charge in [0.15, 0.2) is 0 Å². The molecule has 168 valence electrons. The van der Waals surface area contributed by atoms with Crippen molar-refractivity contribution in [2.75, 3.05) is 24.5 Å². The van der Waals surface area contributed by atoms with Crippen molar-refractivity contribution in [3.63, 3.8) is 0 Å². The first-order valence-electron chi connectivity index (χ1n) is 10.4. The number of halogens is 3. The van der Waals surface area contributed by atoms with Crippen LogP contribution in [0.1, 0.15) is 29.6 Å². The monoisotopic (exact) mass is 445 g/mol. The van der Waals surface area contributed by atoms with Gasteiger partial charge >= 0.3 is 0 Å². The maximum absolute atomic E-state index is 14.0. The number of nitrogens with one attached hydrogen (secondary N) is 1. The van der Waals surface area contributed by atoms with E-state index >= 15 is 0 Å². The summed E-state index contributed by atoms with van der Waals surface area (Å²) < 4.78 is 41.0. The van der Waals surface area contributed by atoms with Crippen molar-refractivity contribution in [1.82, 2.24) is 10.2 Å². The van der Waals surface area contributed by atoms with Crippen LogP contribution >= 0.6 is 0 Å². The average molecular weight is 445 g/mol. The number of likely N-dealkylation sites (tertiary alicyclic amines) is 1. The van der Waals surface area contributed by atoms with Crippen LogP contribution in [0.5, 0.6) is 0 Å². The zero-order chi connectivity index (χ0) is 22.8. The summed E-state index contributed by atoms with van der Waals surface area (Å²) in [5, 5.41) is 2.90. The van der Waals surface area contributed by atoms with E-state index in [1.54, 1.807) is 11.0 Å². The molecule has 0 aliphatic carbocycles. The largest absolute Gasteiger partial charge is 0.353 e. The number of rotatable bonds is 4. The summed E-state index contributed by atoms with van der Waals surface area (Å²) >= 11 is 0. The van der Waals surface area contributed by atoms with E-state index in [0.717, 1.165) is 11.0 Å². The topological polar surface area (TPSA) is 69.7 Å². The van der Waals surface area contributed by atoms with Gasteiger partial charge in [-0.2, -0.15) is 0 Å². The highest BCUT2D eigenvalue weighted by Crippen LogP contribution is 2.28. The number of piperidine rings is 1. The summed E-state index contributed by atoms with van der Waals surface area (Å²) in [6, 6.07) is 8.58. The van der Waals surface area contributed by atoms with E-state index in [4.69, 9.17) is 0 Å². The van der Waals surface area contributed by atoms with Gasteiger partial charge in [0.1, 0.15) is 17.5 Å². The lowest BCUT2D eigenvalue weighted by Gasteiger charge is -2.33. The third-order valence-corrected chi connectivity index (χ3v) is 5.93. The number of carbonyl (C=O) groups is 3. The first kappa shape index (κ1) is 21.9. The fraction of sp³-hybridized carbons (Fsp3) is 0.348. The number of benzene rings is 2. The third kappa shape index (κ3) is 4.46. The van der Waals surface area contributed by atoms with E-state index in [-0.39, 0.29) is 42.1 Å². The van der Waals surface area contributed by atoms with Crippen LogP contribution < -0.4 is 10.2 Å². The van der Waals surface area contributed by atoms with Crippen LogP contribution in [0, 0.1) is 23.4 Å². The Morgan fingerprint density at radius 2 is 1.69 bits per heavy atom. The normalized spacial score (nSPS) is 19.3. The molecule has 2 aliphatic rings. The summed E-state index contributed by atoms with van der Waals surface area (Å²) in [5.41, 5.74) is -0.0285. The zero-order valence-electron chi connectivity index (χ0n) is 17.2. The van der Waals surface area contributed by atoms with Crippen molar-refractivity contribution < 1.29 is 27.6 Å². The number of hydrogen-bond acceptors (Lipinski definition) is 3. The van der Waals surface area contributed by atoms with Gasteiger partial charge in [0.05, 0.1) is 17.2 Å². The predicted molar refractivity (Wildman–Crippen MR) is 110 cm³/mol. The number of carbonyl (C=O) groups excluding carboxylic acids is 3. The molecule has 1 N–H and O–H groups in total. The molecule has 9 heteroatoms. The molecule has 1 atom stereocenters. The molecule has 4 rings (SSSR count). The first-order valence-corrected chi connectivity index (χ1v) is 10.4. The standard InChI is InChI=1S/C23H22F3N3O3/c24-15-5-6-20(19(26)12-15)29-13-14(11-21(29)30)22(31)27-16-7-9-28(10-8-16)23(32)17-3-1-2-4-18(17)25/h1-6,12,14,16H,7-11,13H2,(H,27,31). The Labute approximate surface area is 183 Å². The Kier molecular flexibility index (Phi) is 6.16. The van der Waals surface area contributed by atoms with Crippen LogP contribution in [0.3, 0.4) is 0 Å². The molecular formula is C23H22F3N3O3. The average Bonchev–Trinajstić information content (AvgIpc) is 3.16. The molecule has 3 amide bonds.